The van der Waals surface area contributed by atoms with Gasteiger partial charge in [-0.1, -0.05) is 0 Å². The third kappa shape index (κ3) is 4.36. The number of benzene rings is 2. The summed E-state index contributed by atoms with van der Waals surface area (Å²) < 4.78 is 5.18. The summed E-state index contributed by atoms with van der Waals surface area (Å²) in [4.78, 5) is 11.4. The number of rotatable bonds is 5. The predicted molar refractivity (Wildman–Crippen MR) is 135 cm³/mol. The molecule has 0 aliphatic carbocycles. The molecule has 2 aromatic carbocycles. The Kier molecular flexibility index (Phi) is 5.85. The van der Waals surface area contributed by atoms with Crippen LogP contribution in [0.25, 0.3) is 10.2 Å². The van der Waals surface area contributed by atoms with Crippen LogP contribution in [0.15, 0.2) is 54.9 Å². The van der Waals surface area contributed by atoms with Crippen molar-refractivity contribution in [1.29, 1.82) is 0 Å². The van der Waals surface area contributed by atoms with Crippen molar-refractivity contribution in [2.24, 2.45) is 0 Å². The van der Waals surface area contributed by atoms with Gasteiger partial charge in [0.2, 0.25) is 0 Å². The van der Waals surface area contributed by atoms with E-state index in [0.29, 0.717) is 5.11 Å². The van der Waals surface area contributed by atoms with Crippen molar-refractivity contribution in [2.45, 2.75) is 13.0 Å². The van der Waals surface area contributed by atoms with E-state index in [1.165, 1.54) is 10.4 Å². The number of anilines is 4. The number of hydrogen-bond acceptors (Lipinski definition) is 7. The minimum atomic E-state index is 0.520. The first-order valence-electron chi connectivity index (χ1n) is 10.2. The van der Waals surface area contributed by atoms with Gasteiger partial charge in [0.15, 0.2) is 5.11 Å². The number of fused-ring (bicyclic) bond motifs is 3. The van der Waals surface area contributed by atoms with Gasteiger partial charge in [-0.2, -0.15) is 0 Å². The van der Waals surface area contributed by atoms with Gasteiger partial charge in [-0.15, -0.1) is 11.3 Å². The van der Waals surface area contributed by atoms with Crippen LogP contribution in [0.3, 0.4) is 0 Å². The molecule has 1 aliphatic rings. The Labute approximate surface area is 195 Å². The molecule has 162 valence electrons. The van der Waals surface area contributed by atoms with Crippen molar-refractivity contribution >= 4 is 61.8 Å². The summed E-state index contributed by atoms with van der Waals surface area (Å²) >= 11 is 7.17. The number of thiocarbonyl (C=S) groups is 1. The van der Waals surface area contributed by atoms with Gasteiger partial charge in [-0.05, 0) is 79.3 Å². The lowest BCUT2D eigenvalue weighted by molar-refractivity contribution is 0.415. The van der Waals surface area contributed by atoms with E-state index in [9.17, 15) is 0 Å². The van der Waals surface area contributed by atoms with Crippen LogP contribution in [0.1, 0.15) is 10.4 Å². The summed E-state index contributed by atoms with van der Waals surface area (Å²) in [5.41, 5.74) is 4.11. The number of hydrogen-bond donors (Lipinski definition) is 4. The van der Waals surface area contributed by atoms with Crippen LogP contribution in [-0.4, -0.2) is 28.7 Å². The Morgan fingerprint density at radius 2 is 1.69 bits per heavy atom. The second-order valence-electron chi connectivity index (χ2n) is 7.34. The molecule has 0 saturated heterocycles. The molecule has 32 heavy (non-hydrogen) atoms. The number of nitrogens with one attached hydrogen (secondary N) is 4. The average molecular weight is 463 g/mol. The number of methoxy groups -OCH3 is 1. The first-order valence-corrected chi connectivity index (χ1v) is 11.5. The molecule has 5 rings (SSSR count). The second-order valence-corrected chi connectivity index (χ2v) is 8.83. The molecule has 0 bridgehead atoms. The molecule has 0 atom stereocenters. The number of aromatic nitrogens is 2. The van der Waals surface area contributed by atoms with E-state index in [1.54, 1.807) is 24.8 Å². The SMILES string of the molecule is COc1ccc(NC(=S)Nc2ccc(Nc3ncnc4sc5c(c34)CCNC5)cc2)cc1. The maximum Gasteiger partial charge on any atom is 0.175 e. The summed E-state index contributed by atoms with van der Waals surface area (Å²) in [6.07, 6.45) is 2.62. The van der Waals surface area contributed by atoms with Crippen molar-refractivity contribution in [3.05, 3.63) is 65.3 Å². The molecule has 0 unspecified atom stereocenters. The highest BCUT2D eigenvalue weighted by molar-refractivity contribution is 7.80. The summed E-state index contributed by atoms with van der Waals surface area (Å²) in [5, 5.41) is 14.9. The number of thiophene rings is 1. The fourth-order valence-corrected chi connectivity index (χ4v) is 5.09. The first-order chi connectivity index (χ1) is 15.7. The molecule has 0 radical (unpaired) electrons. The third-order valence-electron chi connectivity index (χ3n) is 5.26. The van der Waals surface area contributed by atoms with Crippen LogP contribution in [-0.2, 0) is 13.0 Å². The fraction of sp³-hybridized carbons (Fsp3) is 0.174. The van der Waals surface area contributed by atoms with Crippen LogP contribution in [0.4, 0.5) is 22.9 Å². The Morgan fingerprint density at radius 1 is 1.00 bits per heavy atom. The second kappa shape index (κ2) is 9.07. The molecule has 4 aromatic rings. The van der Waals surface area contributed by atoms with Crippen LogP contribution in [0, 0.1) is 0 Å². The summed E-state index contributed by atoms with van der Waals surface area (Å²) in [6, 6.07) is 15.6. The maximum absolute atomic E-state index is 5.43. The summed E-state index contributed by atoms with van der Waals surface area (Å²) in [5.74, 6) is 1.66. The molecule has 9 heteroatoms. The zero-order chi connectivity index (χ0) is 21.9. The Bertz CT molecular complexity index is 1250. The minimum Gasteiger partial charge on any atom is -0.497 e. The van der Waals surface area contributed by atoms with E-state index in [2.05, 4.69) is 31.2 Å². The van der Waals surface area contributed by atoms with Crippen LogP contribution < -0.4 is 26.0 Å². The molecule has 4 N–H and O–H groups in total. The normalized spacial score (nSPS) is 12.8. The maximum atomic E-state index is 5.43. The molecule has 1 aliphatic heterocycles. The van der Waals surface area contributed by atoms with Crippen molar-refractivity contribution in [2.75, 3.05) is 29.6 Å². The topological polar surface area (TPSA) is 83.1 Å². The smallest absolute Gasteiger partial charge is 0.175 e. The lowest BCUT2D eigenvalue weighted by Crippen LogP contribution is -2.22. The molecule has 2 aromatic heterocycles. The molecule has 7 nitrogen and oxygen atoms in total. The van der Waals surface area contributed by atoms with Crippen molar-refractivity contribution < 1.29 is 4.74 Å². The predicted octanol–water partition coefficient (Wildman–Crippen LogP) is 4.90. The van der Waals surface area contributed by atoms with Gasteiger partial charge in [0, 0.05) is 28.5 Å². The Balaban J connectivity index is 1.27. The molecule has 0 saturated carbocycles. The molecule has 0 spiro atoms. The highest BCUT2D eigenvalue weighted by Gasteiger charge is 2.19. The van der Waals surface area contributed by atoms with Gasteiger partial charge in [-0.3, -0.25) is 0 Å². The molecule has 0 fully saturated rings. The average Bonchev–Trinajstić information content (AvgIpc) is 3.20. The Morgan fingerprint density at radius 3 is 2.41 bits per heavy atom. The van der Waals surface area contributed by atoms with E-state index >= 15 is 0 Å². The molecule has 0 amide bonds. The Hall–Kier alpha value is -3.27. The third-order valence-corrected chi connectivity index (χ3v) is 6.61. The van der Waals surface area contributed by atoms with Gasteiger partial charge < -0.3 is 26.0 Å². The first kappa shape index (κ1) is 20.6. The zero-order valence-electron chi connectivity index (χ0n) is 17.4. The van der Waals surface area contributed by atoms with E-state index in [0.717, 1.165) is 58.4 Å². The van der Waals surface area contributed by atoms with Crippen LogP contribution >= 0.6 is 23.6 Å². The van der Waals surface area contributed by atoms with Crippen molar-refractivity contribution in [1.82, 2.24) is 15.3 Å². The van der Waals surface area contributed by atoms with E-state index < -0.39 is 0 Å². The number of ether oxygens (including phenoxy) is 1. The largest absolute Gasteiger partial charge is 0.497 e. The zero-order valence-corrected chi connectivity index (χ0v) is 19.1. The van der Waals surface area contributed by atoms with Gasteiger partial charge in [0.25, 0.3) is 0 Å². The fourth-order valence-electron chi connectivity index (χ4n) is 3.70. The minimum absolute atomic E-state index is 0.520. The highest BCUT2D eigenvalue weighted by Crippen LogP contribution is 2.36. The monoisotopic (exact) mass is 462 g/mol. The van der Waals surface area contributed by atoms with Crippen LogP contribution in [0.5, 0.6) is 5.75 Å². The molecular formula is C23H22N6OS2. The van der Waals surface area contributed by atoms with Gasteiger partial charge in [0.1, 0.15) is 22.7 Å². The van der Waals surface area contributed by atoms with E-state index in [4.69, 9.17) is 17.0 Å². The van der Waals surface area contributed by atoms with E-state index in [1.807, 2.05) is 48.5 Å². The molecular weight excluding hydrogens is 440 g/mol. The summed E-state index contributed by atoms with van der Waals surface area (Å²) in [7, 11) is 1.65. The summed E-state index contributed by atoms with van der Waals surface area (Å²) in [6.45, 7) is 1.89. The van der Waals surface area contributed by atoms with Gasteiger partial charge in [0.05, 0.1) is 12.5 Å². The van der Waals surface area contributed by atoms with Crippen LogP contribution in [0.2, 0.25) is 0 Å². The van der Waals surface area contributed by atoms with Crippen molar-refractivity contribution in [3.8, 4) is 5.75 Å². The van der Waals surface area contributed by atoms with Crippen molar-refractivity contribution in [3.63, 3.8) is 0 Å². The van der Waals surface area contributed by atoms with E-state index in [-0.39, 0.29) is 0 Å². The quantitative estimate of drug-likeness (QED) is 0.312. The number of nitrogens with zero attached hydrogens (tertiary/aromatic N) is 2. The van der Waals surface area contributed by atoms with Gasteiger partial charge in [-0.25, -0.2) is 9.97 Å². The lowest BCUT2D eigenvalue weighted by atomic mass is 10.1. The lowest BCUT2D eigenvalue weighted by Gasteiger charge is -2.14. The standard InChI is InChI=1S/C23H22N6OS2/c1-30-17-8-6-16(7-9-17)29-23(31)28-15-4-2-14(3-5-15)27-21-20-18-10-11-24-12-19(18)32-22(20)26-13-25-21/h2-9,13,24H,10-12H2,1H3,(H,25,26,27)(H2,28,29,31). The highest BCUT2D eigenvalue weighted by atomic mass is 32.1. The van der Waals surface area contributed by atoms with Gasteiger partial charge >= 0.3 is 0 Å². The molecule has 3 heterocycles.